The van der Waals surface area contributed by atoms with Gasteiger partial charge in [0.05, 0.1) is 6.61 Å². The molecule has 0 N–H and O–H groups in total. The molecule has 3 heteroatoms. The highest BCUT2D eigenvalue weighted by Crippen LogP contribution is 2.07. The zero-order chi connectivity index (χ0) is 12.6. The molecule has 1 aliphatic heterocycles. The van der Waals surface area contributed by atoms with Gasteiger partial charge in [0.15, 0.2) is 5.78 Å². The molecule has 0 aliphatic carbocycles. The lowest BCUT2D eigenvalue weighted by molar-refractivity contribution is -0.181. The molecule has 1 aliphatic rings. The van der Waals surface area contributed by atoms with Crippen LogP contribution in [0.25, 0.3) is 6.08 Å². The Bertz CT molecular complexity index is 394. The summed E-state index contributed by atoms with van der Waals surface area (Å²) < 4.78 is 0. The summed E-state index contributed by atoms with van der Waals surface area (Å²) >= 11 is 0. The maximum Gasteiger partial charge on any atom is 0.157 e. The van der Waals surface area contributed by atoms with Gasteiger partial charge in [-0.15, -0.1) is 0 Å². The first-order chi connectivity index (χ1) is 8.84. The predicted octanol–water partition coefficient (Wildman–Crippen LogP) is 2.69. The SMILES string of the molecule is O=C(/C=C/c1ccccc1)CCN1CCCCO1. The quantitative estimate of drug-likeness (QED) is 0.747. The second kappa shape index (κ2) is 7.09. The lowest BCUT2D eigenvalue weighted by Gasteiger charge is -2.25. The van der Waals surface area contributed by atoms with Crippen LogP contribution in [0, 0.1) is 0 Å². The van der Waals surface area contributed by atoms with Gasteiger partial charge in [-0.3, -0.25) is 9.63 Å². The molecule has 96 valence electrons. The van der Waals surface area contributed by atoms with Gasteiger partial charge >= 0.3 is 0 Å². The Morgan fingerprint density at radius 3 is 2.83 bits per heavy atom. The van der Waals surface area contributed by atoms with Crippen LogP contribution in [0.2, 0.25) is 0 Å². The molecule has 0 bridgehead atoms. The first-order valence-corrected chi connectivity index (χ1v) is 6.48. The molecule has 1 aromatic rings. The second-order valence-electron chi connectivity index (χ2n) is 4.43. The number of carbonyl (C=O) groups excluding carboxylic acids is 1. The molecule has 3 nitrogen and oxygen atoms in total. The molecule has 1 fully saturated rings. The number of hydroxylamine groups is 2. The Kier molecular flexibility index (Phi) is 5.12. The van der Waals surface area contributed by atoms with Crippen LogP contribution in [-0.4, -0.2) is 30.5 Å². The summed E-state index contributed by atoms with van der Waals surface area (Å²) in [5, 5.41) is 1.90. The maximum absolute atomic E-state index is 11.7. The van der Waals surface area contributed by atoms with Crippen molar-refractivity contribution in [2.24, 2.45) is 0 Å². The van der Waals surface area contributed by atoms with E-state index >= 15 is 0 Å². The van der Waals surface area contributed by atoms with E-state index in [9.17, 15) is 4.79 Å². The molecular weight excluding hydrogens is 226 g/mol. The molecule has 0 unspecified atom stereocenters. The minimum atomic E-state index is 0.146. The summed E-state index contributed by atoms with van der Waals surface area (Å²) in [6, 6.07) is 9.86. The number of nitrogens with zero attached hydrogens (tertiary/aromatic N) is 1. The number of allylic oxidation sites excluding steroid dienone is 1. The molecule has 0 radical (unpaired) electrons. The van der Waals surface area contributed by atoms with Gasteiger partial charge in [-0.25, -0.2) is 0 Å². The minimum Gasteiger partial charge on any atom is -0.299 e. The lowest BCUT2D eigenvalue weighted by Crippen LogP contribution is -2.31. The molecule has 1 saturated heterocycles. The van der Waals surface area contributed by atoms with E-state index in [1.165, 1.54) is 0 Å². The van der Waals surface area contributed by atoms with Gasteiger partial charge in [0, 0.05) is 19.5 Å². The largest absolute Gasteiger partial charge is 0.299 e. The van der Waals surface area contributed by atoms with Gasteiger partial charge in [-0.1, -0.05) is 36.4 Å². The molecular formula is C15H19NO2. The highest BCUT2D eigenvalue weighted by molar-refractivity contribution is 5.93. The first-order valence-electron chi connectivity index (χ1n) is 6.48. The smallest absolute Gasteiger partial charge is 0.157 e. The van der Waals surface area contributed by atoms with Crippen LogP contribution in [-0.2, 0) is 9.63 Å². The van der Waals surface area contributed by atoms with Crippen molar-refractivity contribution in [1.82, 2.24) is 5.06 Å². The summed E-state index contributed by atoms with van der Waals surface area (Å²) in [6.07, 6.45) is 6.31. The first kappa shape index (κ1) is 13.0. The predicted molar refractivity (Wildman–Crippen MR) is 71.9 cm³/mol. The highest BCUT2D eigenvalue weighted by Gasteiger charge is 2.11. The van der Waals surface area contributed by atoms with Gasteiger partial charge < -0.3 is 0 Å². The third kappa shape index (κ3) is 4.43. The van der Waals surface area contributed by atoms with Crippen molar-refractivity contribution in [2.45, 2.75) is 19.3 Å². The van der Waals surface area contributed by atoms with Crippen LogP contribution in [0.4, 0.5) is 0 Å². The molecule has 1 heterocycles. The van der Waals surface area contributed by atoms with Crippen molar-refractivity contribution in [3.05, 3.63) is 42.0 Å². The molecule has 0 amide bonds. The molecule has 1 aromatic carbocycles. The Balaban J connectivity index is 1.73. The fraction of sp³-hybridized carbons (Fsp3) is 0.400. The second-order valence-corrected chi connectivity index (χ2v) is 4.43. The van der Waals surface area contributed by atoms with E-state index in [4.69, 9.17) is 4.84 Å². The molecule has 0 saturated carbocycles. The van der Waals surface area contributed by atoms with E-state index in [0.29, 0.717) is 13.0 Å². The normalized spacial score (nSPS) is 17.1. The molecule has 18 heavy (non-hydrogen) atoms. The number of hydrogen-bond donors (Lipinski definition) is 0. The van der Waals surface area contributed by atoms with E-state index in [-0.39, 0.29) is 5.78 Å². The van der Waals surface area contributed by atoms with Gasteiger partial charge in [0.1, 0.15) is 0 Å². The van der Waals surface area contributed by atoms with Crippen LogP contribution in [0.5, 0.6) is 0 Å². The van der Waals surface area contributed by atoms with Crippen molar-refractivity contribution in [1.29, 1.82) is 0 Å². The fourth-order valence-electron chi connectivity index (χ4n) is 1.90. The molecule has 0 atom stereocenters. The van der Waals surface area contributed by atoms with Gasteiger partial charge in [0.25, 0.3) is 0 Å². The molecule has 0 aromatic heterocycles. The Labute approximate surface area is 108 Å². The van der Waals surface area contributed by atoms with Crippen molar-refractivity contribution in [3.63, 3.8) is 0 Å². The summed E-state index contributed by atoms with van der Waals surface area (Å²) in [5.41, 5.74) is 1.06. The Morgan fingerprint density at radius 2 is 2.11 bits per heavy atom. The summed E-state index contributed by atoms with van der Waals surface area (Å²) in [5.74, 6) is 0.146. The number of rotatable bonds is 5. The monoisotopic (exact) mass is 245 g/mol. The van der Waals surface area contributed by atoms with E-state index < -0.39 is 0 Å². The van der Waals surface area contributed by atoms with Crippen molar-refractivity contribution < 1.29 is 9.63 Å². The van der Waals surface area contributed by atoms with E-state index in [1.54, 1.807) is 6.08 Å². The summed E-state index contributed by atoms with van der Waals surface area (Å²) in [6.45, 7) is 2.42. The average molecular weight is 245 g/mol. The maximum atomic E-state index is 11.7. The van der Waals surface area contributed by atoms with E-state index in [0.717, 1.165) is 31.6 Å². The molecule has 0 spiro atoms. The minimum absolute atomic E-state index is 0.146. The van der Waals surface area contributed by atoms with E-state index in [1.807, 2.05) is 41.5 Å². The number of hydrogen-bond acceptors (Lipinski definition) is 3. The van der Waals surface area contributed by atoms with Crippen molar-refractivity contribution in [2.75, 3.05) is 19.7 Å². The number of carbonyl (C=O) groups is 1. The fourth-order valence-corrected chi connectivity index (χ4v) is 1.90. The number of benzene rings is 1. The lowest BCUT2D eigenvalue weighted by atomic mass is 10.2. The van der Waals surface area contributed by atoms with Gasteiger partial charge in [-0.05, 0) is 24.5 Å². The molecule has 2 rings (SSSR count). The third-order valence-electron chi connectivity index (χ3n) is 2.94. The van der Waals surface area contributed by atoms with E-state index in [2.05, 4.69) is 0 Å². The van der Waals surface area contributed by atoms with Crippen molar-refractivity contribution >= 4 is 11.9 Å². The summed E-state index contributed by atoms with van der Waals surface area (Å²) in [4.78, 5) is 17.1. The highest BCUT2D eigenvalue weighted by atomic mass is 16.7. The van der Waals surface area contributed by atoms with Crippen LogP contribution in [0.15, 0.2) is 36.4 Å². The van der Waals surface area contributed by atoms with Gasteiger partial charge in [-0.2, -0.15) is 5.06 Å². The van der Waals surface area contributed by atoms with Crippen LogP contribution >= 0.6 is 0 Å². The zero-order valence-electron chi connectivity index (χ0n) is 10.5. The Morgan fingerprint density at radius 1 is 1.28 bits per heavy atom. The van der Waals surface area contributed by atoms with Crippen LogP contribution in [0.1, 0.15) is 24.8 Å². The Hall–Kier alpha value is -1.45. The topological polar surface area (TPSA) is 29.5 Å². The van der Waals surface area contributed by atoms with Crippen LogP contribution in [0.3, 0.4) is 0 Å². The standard InChI is InChI=1S/C15H19NO2/c17-15(9-8-14-6-2-1-3-7-14)10-12-16-11-4-5-13-18-16/h1-3,6-9H,4-5,10-13H2/b9-8+. The average Bonchev–Trinajstić information content (AvgIpc) is 2.45. The van der Waals surface area contributed by atoms with Crippen molar-refractivity contribution in [3.8, 4) is 0 Å². The summed E-state index contributed by atoms with van der Waals surface area (Å²) in [7, 11) is 0. The number of ketones is 1. The van der Waals surface area contributed by atoms with Crippen LogP contribution < -0.4 is 0 Å². The third-order valence-corrected chi connectivity index (χ3v) is 2.94. The zero-order valence-corrected chi connectivity index (χ0v) is 10.5. The van der Waals surface area contributed by atoms with Gasteiger partial charge in [0.2, 0.25) is 0 Å².